The molecule has 0 aliphatic rings. The lowest BCUT2D eigenvalue weighted by molar-refractivity contribution is 0.319. The predicted octanol–water partition coefficient (Wildman–Crippen LogP) is 3.34. The highest BCUT2D eigenvalue weighted by Gasteiger charge is 2.02. The zero-order chi connectivity index (χ0) is 14.9. The molecule has 4 heteroatoms. The number of nitrogens with zero attached hydrogens (tertiary/aromatic N) is 1. The Morgan fingerprint density at radius 1 is 1.24 bits per heavy atom. The fraction of sp³-hybridized carbons (Fsp3) is 0.353. The number of halogens is 1. The van der Waals surface area contributed by atoms with Crippen LogP contribution in [0.5, 0.6) is 5.75 Å². The van der Waals surface area contributed by atoms with Gasteiger partial charge in [-0.2, -0.15) is 0 Å². The van der Waals surface area contributed by atoms with E-state index in [0.29, 0.717) is 18.9 Å². The molecule has 0 aliphatic carbocycles. The smallest absolute Gasteiger partial charge is 0.127 e. The molecule has 1 aromatic carbocycles. The van der Waals surface area contributed by atoms with Crippen molar-refractivity contribution in [2.45, 2.75) is 26.3 Å². The first kappa shape index (κ1) is 15.4. The van der Waals surface area contributed by atoms with E-state index in [-0.39, 0.29) is 5.82 Å². The van der Waals surface area contributed by atoms with Crippen molar-refractivity contribution in [1.82, 2.24) is 10.3 Å². The monoisotopic (exact) mass is 288 g/mol. The lowest BCUT2D eigenvalue weighted by atomic mass is 10.2. The van der Waals surface area contributed by atoms with Crippen LogP contribution in [-0.4, -0.2) is 18.1 Å². The third-order valence-corrected chi connectivity index (χ3v) is 3.07. The molecule has 0 radical (unpaired) electrons. The van der Waals surface area contributed by atoms with E-state index in [2.05, 4.69) is 17.2 Å². The number of nitrogens with one attached hydrogen (secondary N) is 1. The normalized spacial score (nSPS) is 10.6. The second-order valence-corrected chi connectivity index (χ2v) is 4.93. The Hall–Kier alpha value is -1.94. The molecule has 2 rings (SSSR count). The number of hydrogen-bond donors (Lipinski definition) is 1. The lowest BCUT2D eigenvalue weighted by Crippen LogP contribution is -2.14. The first-order chi connectivity index (χ1) is 10.3. The molecule has 0 amide bonds. The summed E-state index contributed by atoms with van der Waals surface area (Å²) in [5.41, 5.74) is 2.01. The maximum atomic E-state index is 13.6. The quantitative estimate of drug-likeness (QED) is 0.756. The number of aromatic nitrogens is 1. The molecule has 0 fully saturated rings. The zero-order valence-electron chi connectivity index (χ0n) is 12.3. The van der Waals surface area contributed by atoms with Crippen LogP contribution < -0.4 is 10.1 Å². The fourth-order valence-electron chi connectivity index (χ4n) is 2.05. The molecule has 0 unspecified atom stereocenters. The van der Waals surface area contributed by atoms with E-state index < -0.39 is 0 Å². The van der Waals surface area contributed by atoms with Gasteiger partial charge in [-0.05, 0) is 42.3 Å². The highest BCUT2D eigenvalue weighted by Crippen LogP contribution is 2.17. The molecule has 112 valence electrons. The minimum absolute atomic E-state index is 0.262. The number of rotatable bonds is 8. The minimum atomic E-state index is -0.262. The van der Waals surface area contributed by atoms with Crippen LogP contribution in [0.3, 0.4) is 0 Å². The first-order valence-electron chi connectivity index (χ1n) is 7.30. The Bertz CT molecular complexity index is 546. The van der Waals surface area contributed by atoms with Crippen molar-refractivity contribution < 1.29 is 9.13 Å². The maximum absolute atomic E-state index is 13.6. The van der Waals surface area contributed by atoms with E-state index in [9.17, 15) is 4.39 Å². The highest BCUT2D eigenvalue weighted by molar-refractivity contribution is 5.29. The molecule has 3 nitrogen and oxygen atoms in total. The summed E-state index contributed by atoms with van der Waals surface area (Å²) in [6, 6.07) is 8.75. The molecule has 1 heterocycles. The van der Waals surface area contributed by atoms with Crippen LogP contribution in [0.25, 0.3) is 0 Å². The van der Waals surface area contributed by atoms with Crippen LogP contribution >= 0.6 is 0 Å². The van der Waals surface area contributed by atoms with Crippen molar-refractivity contribution in [1.29, 1.82) is 0 Å². The molecule has 21 heavy (non-hydrogen) atoms. The Labute approximate surface area is 125 Å². The van der Waals surface area contributed by atoms with E-state index in [1.165, 1.54) is 12.1 Å². The number of hydrogen-bond acceptors (Lipinski definition) is 3. The molecule has 0 saturated carbocycles. The molecule has 0 bridgehead atoms. The van der Waals surface area contributed by atoms with E-state index in [0.717, 1.165) is 30.5 Å². The van der Waals surface area contributed by atoms with Gasteiger partial charge in [-0.25, -0.2) is 4.39 Å². The summed E-state index contributed by atoms with van der Waals surface area (Å²) in [5, 5.41) is 3.26. The van der Waals surface area contributed by atoms with Crippen LogP contribution in [0.1, 0.15) is 24.5 Å². The zero-order valence-corrected chi connectivity index (χ0v) is 12.3. The van der Waals surface area contributed by atoms with Crippen molar-refractivity contribution >= 4 is 0 Å². The SMILES string of the molecule is CCCNCc1cc(F)cc(OCCc2cccnc2)c1. The van der Waals surface area contributed by atoms with Crippen molar-refractivity contribution in [3.8, 4) is 5.75 Å². The van der Waals surface area contributed by atoms with Crippen molar-refractivity contribution in [2.24, 2.45) is 0 Å². The minimum Gasteiger partial charge on any atom is -0.493 e. The van der Waals surface area contributed by atoms with Gasteiger partial charge in [0.05, 0.1) is 6.61 Å². The van der Waals surface area contributed by atoms with Crippen LogP contribution in [0.2, 0.25) is 0 Å². The van der Waals surface area contributed by atoms with Gasteiger partial charge in [0, 0.05) is 31.4 Å². The average molecular weight is 288 g/mol. The standard InChI is InChI=1S/C17H21FN2O/c1-2-6-19-13-15-9-16(18)11-17(10-15)21-8-5-14-4-3-7-20-12-14/h3-4,7,9-12,19H,2,5-6,8,13H2,1H3. The Morgan fingerprint density at radius 3 is 2.90 bits per heavy atom. The molecule has 0 atom stereocenters. The number of pyridine rings is 1. The van der Waals surface area contributed by atoms with Crippen molar-refractivity contribution in [2.75, 3.05) is 13.2 Å². The van der Waals surface area contributed by atoms with Crippen LogP contribution in [0.4, 0.5) is 4.39 Å². The van der Waals surface area contributed by atoms with E-state index >= 15 is 0 Å². The fourth-order valence-corrected chi connectivity index (χ4v) is 2.05. The second-order valence-electron chi connectivity index (χ2n) is 4.93. The molecule has 1 aromatic heterocycles. The van der Waals surface area contributed by atoms with Gasteiger partial charge in [-0.15, -0.1) is 0 Å². The Balaban J connectivity index is 1.87. The Kier molecular flexibility index (Phi) is 6.16. The van der Waals surface area contributed by atoms with Crippen LogP contribution in [0, 0.1) is 5.82 Å². The van der Waals surface area contributed by atoms with Gasteiger partial charge < -0.3 is 10.1 Å². The van der Waals surface area contributed by atoms with Crippen molar-refractivity contribution in [3.05, 3.63) is 59.7 Å². The van der Waals surface area contributed by atoms with Gasteiger partial charge in [-0.3, -0.25) is 4.98 Å². The lowest BCUT2D eigenvalue weighted by Gasteiger charge is -2.09. The molecular weight excluding hydrogens is 267 g/mol. The molecule has 2 aromatic rings. The molecule has 1 N–H and O–H groups in total. The largest absolute Gasteiger partial charge is 0.493 e. The predicted molar refractivity (Wildman–Crippen MR) is 81.8 cm³/mol. The summed E-state index contributed by atoms with van der Waals surface area (Å²) in [6.45, 7) is 4.20. The first-order valence-corrected chi connectivity index (χ1v) is 7.30. The third-order valence-electron chi connectivity index (χ3n) is 3.07. The van der Waals surface area contributed by atoms with Gasteiger partial charge in [0.25, 0.3) is 0 Å². The van der Waals surface area contributed by atoms with Gasteiger partial charge in [-0.1, -0.05) is 13.0 Å². The topological polar surface area (TPSA) is 34.1 Å². The average Bonchev–Trinajstić information content (AvgIpc) is 2.48. The molecular formula is C17H21FN2O. The molecule has 0 saturated heterocycles. The van der Waals surface area contributed by atoms with Gasteiger partial charge in [0.2, 0.25) is 0 Å². The highest BCUT2D eigenvalue weighted by atomic mass is 19.1. The van der Waals surface area contributed by atoms with E-state index in [1.807, 2.05) is 24.4 Å². The van der Waals surface area contributed by atoms with E-state index in [4.69, 9.17) is 4.74 Å². The summed E-state index contributed by atoms with van der Waals surface area (Å²) < 4.78 is 19.2. The second kappa shape index (κ2) is 8.37. The summed E-state index contributed by atoms with van der Waals surface area (Å²) in [4.78, 5) is 4.06. The van der Waals surface area contributed by atoms with Gasteiger partial charge >= 0.3 is 0 Å². The van der Waals surface area contributed by atoms with Crippen LogP contribution in [-0.2, 0) is 13.0 Å². The van der Waals surface area contributed by atoms with Gasteiger partial charge in [0.15, 0.2) is 0 Å². The van der Waals surface area contributed by atoms with Crippen LogP contribution in [0.15, 0.2) is 42.7 Å². The summed E-state index contributed by atoms with van der Waals surface area (Å²) in [6.07, 6.45) is 5.37. The van der Waals surface area contributed by atoms with E-state index in [1.54, 1.807) is 6.20 Å². The molecule has 0 aliphatic heterocycles. The molecule has 0 spiro atoms. The van der Waals surface area contributed by atoms with Crippen molar-refractivity contribution in [3.63, 3.8) is 0 Å². The summed E-state index contributed by atoms with van der Waals surface area (Å²) in [7, 11) is 0. The number of benzene rings is 1. The number of ether oxygens (including phenoxy) is 1. The third kappa shape index (κ3) is 5.52. The Morgan fingerprint density at radius 2 is 2.14 bits per heavy atom. The maximum Gasteiger partial charge on any atom is 0.127 e. The summed E-state index contributed by atoms with van der Waals surface area (Å²) in [5.74, 6) is 0.314. The summed E-state index contributed by atoms with van der Waals surface area (Å²) >= 11 is 0. The van der Waals surface area contributed by atoms with Gasteiger partial charge in [0.1, 0.15) is 11.6 Å².